The molecule has 2 aromatic rings. The Morgan fingerprint density at radius 3 is 2.57 bits per heavy atom. The molecule has 0 bridgehead atoms. The van der Waals surface area contributed by atoms with Crippen molar-refractivity contribution in [3.8, 4) is 0 Å². The van der Waals surface area contributed by atoms with E-state index in [2.05, 4.69) is 52.7 Å². The molecule has 1 saturated carbocycles. The summed E-state index contributed by atoms with van der Waals surface area (Å²) >= 11 is 7.02. The van der Waals surface area contributed by atoms with Gasteiger partial charge in [-0.25, -0.2) is 0 Å². The molecular weight excluding hydrogens is 296 g/mol. The third-order valence-electron chi connectivity index (χ3n) is 3.91. The van der Waals surface area contributed by atoms with Crippen molar-refractivity contribution in [2.75, 3.05) is 0 Å². The maximum Gasteiger partial charge on any atom is 0.0746 e. The highest BCUT2D eigenvalue weighted by Crippen LogP contribution is 2.37. The third-order valence-corrected chi connectivity index (χ3v) is 4.94. The van der Waals surface area contributed by atoms with Gasteiger partial charge in [0.2, 0.25) is 0 Å². The van der Waals surface area contributed by atoms with Crippen molar-refractivity contribution in [1.29, 1.82) is 0 Å². The fraction of sp³-hybridized carbons (Fsp3) is 0.353. The van der Waals surface area contributed by atoms with Crippen molar-refractivity contribution in [2.24, 2.45) is 5.73 Å². The van der Waals surface area contributed by atoms with Gasteiger partial charge in [-0.2, -0.15) is 0 Å². The molecule has 2 N–H and O–H groups in total. The summed E-state index contributed by atoms with van der Waals surface area (Å²) in [6.07, 6.45) is 3.32. The van der Waals surface area contributed by atoms with E-state index in [1.54, 1.807) is 0 Å². The molecule has 1 aliphatic rings. The van der Waals surface area contributed by atoms with Gasteiger partial charge < -0.3 is 5.73 Å². The number of nitrogens with zero attached hydrogens (tertiary/aromatic N) is 1. The largest absolute Gasteiger partial charge is 0.393 e. The minimum Gasteiger partial charge on any atom is -0.393 e. The second-order valence-electron chi connectivity index (χ2n) is 5.58. The summed E-state index contributed by atoms with van der Waals surface area (Å²) in [7, 11) is 0. The van der Waals surface area contributed by atoms with Crippen molar-refractivity contribution in [1.82, 2.24) is 4.90 Å². The number of thiophene rings is 1. The number of rotatable bonds is 7. The Morgan fingerprint density at radius 1 is 1.24 bits per heavy atom. The molecule has 1 fully saturated rings. The molecule has 1 heterocycles. The molecule has 0 aliphatic heterocycles. The fourth-order valence-corrected chi connectivity index (χ4v) is 3.65. The van der Waals surface area contributed by atoms with Gasteiger partial charge in [-0.1, -0.05) is 48.6 Å². The van der Waals surface area contributed by atoms with E-state index < -0.39 is 0 Å². The van der Waals surface area contributed by atoms with Crippen LogP contribution < -0.4 is 5.73 Å². The van der Waals surface area contributed by atoms with Crippen LogP contribution in [0, 0.1) is 0 Å². The SMILES string of the molecule is NC(=S)CC(c1ccccc1)N(Cc1cccs1)C1CC1. The Bertz CT molecular complexity index is 576. The zero-order chi connectivity index (χ0) is 14.7. The highest BCUT2D eigenvalue weighted by molar-refractivity contribution is 7.80. The minimum atomic E-state index is 0.290. The van der Waals surface area contributed by atoms with E-state index in [0.717, 1.165) is 13.0 Å². The van der Waals surface area contributed by atoms with Gasteiger partial charge in [0.1, 0.15) is 0 Å². The van der Waals surface area contributed by atoms with Crippen LogP contribution >= 0.6 is 23.6 Å². The number of hydrogen-bond donors (Lipinski definition) is 1. The van der Waals surface area contributed by atoms with Gasteiger partial charge in [0.25, 0.3) is 0 Å². The van der Waals surface area contributed by atoms with Crippen LogP contribution in [0.1, 0.15) is 35.7 Å². The van der Waals surface area contributed by atoms with Gasteiger partial charge in [0.15, 0.2) is 0 Å². The number of hydrogen-bond acceptors (Lipinski definition) is 3. The molecule has 4 heteroatoms. The molecule has 1 unspecified atom stereocenters. The maximum atomic E-state index is 5.87. The van der Waals surface area contributed by atoms with Gasteiger partial charge in [-0.3, -0.25) is 4.90 Å². The van der Waals surface area contributed by atoms with Crippen LogP contribution in [0.3, 0.4) is 0 Å². The highest BCUT2D eigenvalue weighted by atomic mass is 32.1. The number of thiocarbonyl (C=S) groups is 1. The van der Waals surface area contributed by atoms with Crippen molar-refractivity contribution >= 4 is 28.5 Å². The lowest BCUT2D eigenvalue weighted by Crippen LogP contribution is -2.32. The van der Waals surface area contributed by atoms with Crippen LogP contribution in [0.5, 0.6) is 0 Å². The first kappa shape index (κ1) is 14.7. The van der Waals surface area contributed by atoms with Gasteiger partial charge in [-0.05, 0) is 29.9 Å². The van der Waals surface area contributed by atoms with Gasteiger partial charge in [0.05, 0.1) is 4.99 Å². The first-order valence-electron chi connectivity index (χ1n) is 7.35. The predicted octanol–water partition coefficient (Wildman–Crippen LogP) is 4.13. The molecule has 110 valence electrons. The Morgan fingerprint density at radius 2 is 2.00 bits per heavy atom. The molecule has 0 spiro atoms. The zero-order valence-corrected chi connectivity index (χ0v) is 13.6. The first-order chi connectivity index (χ1) is 10.2. The molecule has 21 heavy (non-hydrogen) atoms. The molecule has 1 aromatic carbocycles. The number of benzene rings is 1. The summed E-state index contributed by atoms with van der Waals surface area (Å²) in [4.78, 5) is 4.59. The van der Waals surface area contributed by atoms with Crippen molar-refractivity contribution in [3.05, 3.63) is 58.3 Å². The first-order valence-corrected chi connectivity index (χ1v) is 8.64. The van der Waals surface area contributed by atoms with Gasteiger partial charge >= 0.3 is 0 Å². The molecule has 3 rings (SSSR count). The smallest absolute Gasteiger partial charge is 0.0746 e. The van der Waals surface area contributed by atoms with E-state index in [1.807, 2.05) is 11.3 Å². The van der Waals surface area contributed by atoms with Gasteiger partial charge in [-0.15, -0.1) is 11.3 Å². The van der Waals surface area contributed by atoms with Crippen molar-refractivity contribution < 1.29 is 0 Å². The third kappa shape index (κ3) is 3.90. The lowest BCUT2D eigenvalue weighted by Gasteiger charge is -2.32. The van der Waals surface area contributed by atoms with E-state index >= 15 is 0 Å². The van der Waals surface area contributed by atoms with E-state index in [0.29, 0.717) is 17.1 Å². The molecule has 2 nitrogen and oxygen atoms in total. The van der Waals surface area contributed by atoms with E-state index in [1.165, 1.54) is 23.3 Å². The highest BCUT2D eigenvalue weighted by Gasteiger charge is 2.35. The van der Waals surface area contributed by atoms with E-state index in [4.69, 9.17) is 18.0 Å². The molecule has 0 saturated heterocycles. The molecule has 1 atom stereocenters. The summed E-state index contributed by atoms with van der Waals surface area (Å²) < 4.78 is 0. The van der Waals surface area contributed by atoms with Crippen LogP contribution in [0.2, 0.25) is 0 Å². The Kier molecular flexibility index (Phi) is 4.68. The second-order valence-corrected chi connectivity index (χ2v) is 7.14. The van der Waals surface area contributed by atoms with Crippen LogP contribution in [0.25, 0.3) is 0 Å². The summed E-state index contributed by atoms with van der Waals surface area (Å²) in [5, 5.41) is 2.14. The lowest BCUT2D eigenvalue weighted by molar-refractivity contribution is 0.183. The standard InChI is InChI=1S/C17H20N2S2/c18-17(20)11-16(13-5-2-1-3-6-13)19(14-8-9-14)12-15-7-4-10-21-15/h1-7,10,14,16H,8-9,11-12H2,(H2,18,20). The van der Waals surface area contributed by atoms with Crippen molar-refractivity contribution in [3.63, 3.8) is 0 Å². The summed E-state index contributed by atoms with van der Waals surface area (Å²) in [5.74, 6) is 0. The Hall–Kier alpha value is -1.23. The average Bonchev–Trinajstić information content (AvgIpc) is 3.20. The van der Waals surface area contributed by atoms with Crippen LogP contribution in [0.4, 0.5) is 0 Å². The minimum absolute atomic E-state index is 0.290. The zero-order valence-electron chi connectivity index (χ0n) is 11.9. The topological polar surface area (TPSA) is 29.3 Å². The lowest BCUT2D eigenvalue weighted by atomic mass is 10.0. The molecular formula is C17H20N2S2. The predicted molar refractivity (Wildman–Crippen MR) is 93.5 cm³/mol. The Balaban J connectivity index is 1.86. The maximum absolute atomic E-state index is 5.87. The second kappa shape index (κ2) is 6.69. The summed E-state index contributed by atoms with van der Waals surface area (Å²) in [6, 6.07) is 15.9. The summed E-state index contributed by atoms with van der Waals surface area (Å²) in [6.45, 7) is 0.991. The van der Waals surface area contributed by atoms with Crippen LogP contribution in [0.15, 0.2) is 47.8 Å². The van der Waals surface area contributed by atoms with E-state index in [-0.39, 0.29) is 0 Å². The van der Waals surface area contributed by atoms with Crippen LogP contribution in [-0.2, 0) is 6.54 Å². The number of nitrogens with two attached hydrogens (primary N) is 1. The van der Waals surface area contributed by atoms with Crippen molar-refractivity contribution in [2.45, 2.75) is 37.9 Å². The van der Waals surface area contributed by atoms with Crippen LogP contribution in [-0.4, -0.2) is 15.9 Å². The Labute approximate surface area is 135 Å². The quantitative estimate of drug-likeness (QED) is 0.779. The monoisotopic (exact) mass is 316 g/mol. The van der Waals surface area contributed by atoms with Gasteiger partial charge in [0, 0.05) is 29.9 Å². The fourth-order valence-electron chi connectivity index (χ4n) is 2.77. The molecule has 0 amide bonds. The van der Waals surface area contributed by atoms with E-state index in [9.17, 15) is 0 Å². The molecule has 1 aromatic heterocycles. The summed E-state index contributed by atoms with van der Waals surface area (Å²) in [5.41, 5.74) is 7.18. The molecule has 0 radical (unpaired) electrons. The average molecular weight is 316 g/mol. The normalized spacial score (nSPS) is 16.0. The molecule has 1 aliphatic carbocycles.